The molecule has 0 aromatic carbocycles. The molecule has 0 spiro atoms. The molecule has 116 valence electrons. The molecule has 0 aliphatic rings. The maximum atomic E-state index is 10.3. The highest BCUT2D eigenvalue weighted by Crippen LogP contribution is 2.24. The minimum Gasteiger partial charge on any atom is -0.258 e. The van der Waals surface area contributed by atoms with Gasteiger partial charge in [0.1, 0.15) is 5.69 Å². The van der Waals surface area contributed by atoms with Gasteiger partial charge in [0, 0.05) is 33.5 Å². The van der Waals surface area contributed by atoms with Gasteiger partial charge in [-0.1, -0.05) is 11.6 Å². The Kier molecular flexibility index (Phi) is 6.78. The van der Waals surface area contributed by atoms with Crippen LogP contribution < -0.4 is 0 Å². The van der Waals surface area contributed by atoms with E-state index >= 15 is 0 Å². The van der Waals surface area contributed by atoms with Gasteiger partial charge in [-0.25, -0.2) is 4.98 Å². The Morgan fingerprint density at radius 2 is 1.45 bits per heavy atom. The Bertz CT molecular complexity index is 668. The molecular formula is C11H7Br2ClN4O4. The minimum absolute atomic E-state index is 0.0411. The van der Waals surface area contributed by atoms with Crippen LogP contribution in [0, 0.1) is 27.2 Å². The molecule has 0 N–H and O–H groups in total. The number of nitrogens with zero attached hydrogens (tertiary/aromatic N) is 4. The summed E-state index contributed by atoms with van der Waals surface area (Å²) in [6.45, 7) is 1.60. The van der Waals surface area contributed by atoms with E-state index in [4.69, 9.17) is 11.6 Å². The van der Waals surface area contributed by atoms with Crippen LogP contribution in [-0.2, 0) is 0 Å². The predicted molar refractivity (Wildman–Crippen MR) is 86.9 cm³/mol. The third-order valence-corrected chi connectivity index (χ3v) is 3.37. The molecule has 0 unspecified atom stereocenters. The summed E-state index contributed by atoms with van der Waals surface area (Å²) in [5.41, 5.74) is 0.276. The van der Waals surface area contributed by atoms with Crippen molar-refractivity contribution in [2.24, 2.45) is 0 Å². The SMILES string of the molecule is Cc1ncc(Br)cc1[N+](=O)[O-].O=[N+]([O-])c1cc(Br)cnc1Cl. The molecule has 0 atom stereocenters. The van der Waals surface area contributed by atoms with Gasteiger partial charge in [0.15, 0.2) is 0 Å². The summed E-state index contributed by atoms with van der Waals surface area (Å²) in [7, 11) is 0. The number of hydrogen-bond acceptors (Lipinski definition) is 6. The van der Waals surface area contributed by atoms with Gasteiger partial charge in [-0.2, -0.15) is 0 Å². The first-order valence-electron chi connectivity index (χ1n) is 5.44. The summed E-state index contributed by atoms with van der Waals surface area (Å²) >= 11 is 11.6. The lowest BCUT2D eigenvalue weighted by atomic mass is 10.3. The maximum absolute atomic E-state index is 10.3. The Labute approximate surface area is 146 Å². The van der Waals surface area contributed by atoms with Crippen molar-refractivity contribution in [2.75, 3.05) is 0 Å². The van der Waals surface area contributed by atoms with E-state index in [9.17, 15) is 20.2 Å². The van der Waals surface area contributed by atoms with Crippen molar-refractivity contribution >= 4 is 54.8 Å². The average Bonchev–Trinajstić information content (AvgIpc) is 2.44. The second kappa shape index (κ2) is 8.11. The average molecular weight is 454 g/mol. The van der Waals surface area contributed by atoms with Crippen LogP contribution in [0.15, 0.2) is 33.5 Å². The Morgan fingerprint density at radius 1 is 1.00 bits per heavy atom. The van der Waals surface area contributed by atoms with Gasteiger partial charge in [0.25, 0.3) is 5.69 Å². The van der Waals surface area contributed by atoms with E-state index in [-0.39, 0.29) is 16.5 Å². The topological polar surface area (TPSA) is 112 Å². The highest BCUT2D eigenvalue weighted by molar-refractivity contribution is 9.10. The Balaban J connectivity index is 0.000000220. The molecule has 0 radical (unpaired) electrons. The summed E-state index contributed by atoms with van der Waals surface area (Å²) in [6.07, 6.45) is 2.93. The normalized spacial score (nSPS) is 9.64. The fraction of sp³-hybridized carbons (Fsp3) is 0.0909. The van der Waals surface area contributed by atoms with Crippen LogP contribution in [0.1, 0.15) is 5.69 Å². The third-order valence-electron chi connectivity index (χ3n) is 2.21. The van der Waals surface area contributed by atoms with Crippen molar-refractivity contribution in [3.8, 4) is 0 Å². The first-order chi connectivity index (χ1) is 10.2. The number of hydrogen-bond donors (Lipinski definition) is 0. The lowest BCUT2D eigenvalue weighted by Crippen LogP contribution is -1.93. The van der Waals surface area contributed by atoms with Gasteiger partial charge < -0.3 is 0 Å². The lowest BCUT2D eigenvalue weighted by molar-refractivity contribution is -0.385. The van der Waals surface area contributed by atoms with Crippen LogP contribution in [0.4, 0.5) is 11.4 Å². The number of pyridine rings is 2. The van der Waals surface area contributed by atoms with E-state index in [1.165, 1.54) is 24.5 Å². The van der Waals surface area contributed by atoms with Crippen molar-refractivity contribution in [3.05, 3.63) is 64.5 Å². The standard InChI is InChI=1S/C6H5BrN2O2.C5H2BrClN2O2/c1-4-6(9(10)11)2-5(7)3-8-4;6-3-1-4(9(10)11)5(7)8-2-3/h2-3H,1H3;1-2H. The Morgan fingerprint density at radius 3 is 1.86 bits per heavy atom. The van der Waals surface area contributed by atoms with Crippen molar-refractivity contribution < 1.29 is 9.85 Å². The zero-order valence-corrected chi connectivity index (χ0v) is 14.8. The number of aromatic nitrogens is 2. The molecule has 0 aliphatic heterocycles. The van der Waals surface area contributed by atoms with Gasteiger partial charge >= 0.3 is 5.69 Å². The Hall–Kier alpha value is -1.65. The van der Waals surface area contributed by atoms with Gasteiger partial charge in [-0.05, 0) is 38.8 Å². The molecule has 22 heavy (non-hydrogen) atoms. The third kappa shape index (κ3) is 5.28. The van der Waals surface area contributed by atoms with E-state index in [2.05, 4.69) is 41.8 Å². The molecule has 0 fully saturated rings. The van der Waals surface area contributed by atoms with Crippen LogP contribution in [-0.4, -0.2) is 19.8 Å². The van der Waals surface area contributed by atoms with E-state index in [1.807, 2.05) is 0 Å². The van der Waals surface area contributed by atoms with Gasteiger partial charge in [-0.3, -0.25) is 25.2 Å². The van der Waals surface area contributed by atoms with Crippen molar-refractivity contribution in [1.82, 2.24) is 9.97 Å². The summed E-state index contributed by atoms with van der Waals surface area (Å²) in [5.74, 6) is 0. The van der Waals surface area contributed by atoms with Crippen LogP contribution in [0.5, 0.6) is 0 Å². The lowest BCUT2D eigenvalue weighted by Gasteiger charge is -1.94. The molecule has 2 heterocycles. The molecule has 0 amide bonds. The second-order valence-corrected chi connectivity index (χ2v) is 5.93. The molecule has 0 bridgehead atoms. The van der Waals surface area contributed by atoms with Gasteiger partial charge in [0.05, 0.1) is 9.85 Å². The molecule has 2 rings (SSSR count). The maximum Gasteiger partial charge on any atom is 0.307 e. The van der Waals surface area contributed by atoms with Crippen molar-refractivity contribution in [3.63, 3.8) is 0 Å². The van der Waals surface area contributed by atoms with E-state index in [0.29, 0.717) is 14.6 Å². The van der Waals surface area contributed by atoms with Crippen LogP contribution in [0.3, 0.4) is 0 Å². The van der Waals surface area contributed by atoms with Crippen molar-refractivity contribution in [2.45, 2.75) is 6.92 Å². The number of aryl methyl sites for hydroxylation is 1. The number of rotatable bonds is 2. The summed E-state index contributed by atoms with van der Waals surface area (Å²) < 4.78 is 1.16. The van der Waals surface area contributed by atoms with Crippen LogP contribution in [0.25, 0.3) is 0 Å². The fourth-order valence-corrected chi connectivity index (χ4v) is 2.03. The summed E-state index contributed by atoms with van der Waals surface area (Å²) in [4.78, 5) is 26.9. The van der Waals surface area contributed by atoms with Gasteiger partial charge in [-0.15, -0.1) is 0 Å². The first-order valence-corrected chi connectivity index (χ1v) is 7.40. The fourth-order valence-electron chi connectivity index (χ4n) is 1.22. The molecule has 2 aromatic heterocycles. The zero-order chi connectivity index (χ0) is 16.9. The monoisotopic (exact) mass is 452 g/mol. The summed E-state index contributed by atoms with van der Waals surface area (Å²) in [6, 6.07) is 2.73. The van der Waals surface area contributed by atoms with Crippen molar-refractivity contribution in [1.29, 1.82) is 0 Å². The molecule has 0 saturated heterocycles. The van der Waals surface area contributed by atoms with E-state index in [1.54, 1.807) is 6.92 Å². The van der Waals surface area contributed by atoms with Crippen LogP contribution in [0.2, 0.25) is 5.15 Å². The molecule has 2 aromatic rings. The minimum atomic E-state index is -0.583. The van der Waals surface area contributed by atoms with E-state index in [0.717, 1.165) is 0 Å². The molecule has 0 saturated carbocycles. The first kappa shape index (κ1) is 18.4. The zero-order valence-electron chi connectivity index (χ0n) is 10.9. The molecular weight excluding hydrogens is 447 g/mol. The van der Waals surface area contributed by atoms with Crippen LogP contribution >= 0.6 is 43.5 Å². The highest BCUT2D eigenvalue weighted by Gasteiger charge is 2.13. The molecule has 0 aliphatic carbocycles. The quantitative estimate of drug-likeness (QED) is 0.376. The summed E-state index contributed by atoms with van der Waals surface area (Å²) in [5, 5.41) is 20.5. The number of halogens is 3. The second-order valence-electron chi connectivity index (χ2n) is 3.74. The molecule has 8 nitrogen and oxygen atoms in total. The highest BCUT2D eigenvalue weighted by atomic mass is 79.9. The van der Waals surface area contributed by atoms with E-state index < -0.39 is 9.85 Å². The predicted octanol–water partition coefficient (Wildman–Crippen LogP) is 4.47. The van der Waals surface area contributed by atoms with Gasteiger partial charge in [0.2, 0.25) is 5.15 Å². The smallest absolute Gasteiger partial charge is 0.258 e. The molecule has 11 heteroatoms. The largest absolute Gasteiger partial charge is 0.307 e. The number of nitro groups is 2.